The fourth-order valence-corrected chi connectivity index (χ4v) is 4.06. The fraction of sp³-hybridized carbons (Fsp3) is 0.0909. The highest BCUT2D eigenvalue weighted by Gasteiger charge is 2.08. The first-order valence-corrected chi connectivity index (χ1v) is 7.66. The predicted octanol–water partition coefficient (Wildman–Crippen LogP) is 3.64. The van der Waals surface area contributed by atoms with E-state index in [0.717, 1.165) is 4.90 Å². The van der Waals surface area contributed by atoms with Crippen LogP contribution in [0.3, 0.4) is 0 Å². The second kappa shape index (κ2) is 5.07. The highest BCUT2D eigenvalue weighted by molar-refractivity contribution is 8.01. The van der Waals surface area contributed by atoms with Crippen molar-refractivity contribution in [3.63, 3.8) is 0 Å². The maximum Gasteiger partial charge on any atom is 0.164 e. The van der Waals surface area contributed by atoms with E-state index in [1.165, 1.54) is 9.10 Å². The van der Waals surface area contributed by atoms with Gasteiger partial charge in [-0.05, 0) is 23.3 Å². The van der Waals surface area contributed by atoms with Crippen molar-refractivity contribution >= 4 is 34.3 Å². The zero-order valence-corrected chi connectivity index (χ0v) is 10.6. The first-order valence-electron chi connectivity index (χ1n) is 4.40. The molecule has 1 heterocycles. The van der Waals surface area contributed by atoms with Crippen LogP contribution in [0.15, 0.2) is 55.8 Å². The third kappa shape index (κ3) is 3.01. The first-order chi connectivity index (χ1) is 7.25. The van der Waals surface area contributed by atoms with E-state index in [-0.39, 0.29) is 0 Å². The molecule has 78 valence electrons. The van der Waals surface area contributed by atoms with Gasteiger partial charge in [-0.25, -0.2) is 0 Å². The first kappa shape index (κ1) is 11.1. The van der Waals surface area contributed by atoms with E-state index in [9.17, 15) is 4.55 Å². The van der Waals surface area contributed by atoms with Crippen LogP contribution in [0, 0.1) is 0 Å². The Morgan fingerprint density at radius 3 is 2.60 bits per heavy atom. The molecule has 1 aromatic heterocycles. The molecular formula is C11H10OS3. The molecule has 1 nitrogen and oxygen atoms in total. The Kier molecular flexibility index (Phi) is 3.75. The van der Waals surface area contributed by atoms with Crippen molar-refractivity contribution in [3.05, 3.63) is 41.8 Å². The van der Waals surface area contributed by atoms with Gasteiger partial charge in [-0.1, -0.05) is 30.0 Å². The summed E-state index contributed by atoms with van der Waals surface area (Å²) in [5, 5.41) is 1.96. The number of hydrogen-bond donors (Lipinski definition) is 0. The smallest absolute Gasteiger partial charge is 0.164 e. The van der Waals surface area contributed by atoms with Gasteiger partial charge in [-0.15, -0.1) is 11.3 Å². The minimum Gasteiger partial charge on any atom is -0.612 e. The third-order valence-corrected chi connectivity index (χ3v) is 4.98. The maximum absolute atomic E-state index is 11.2. The van der Waals surface area contributed by atoms with Crippen molar-refractivity contribution in [1.82, 2.24) is 0 Å². The van der Waals surface area contributed by atoms with Crippen LogP contribution in [0.5, 0.6) is 0 Å². The molecule has 15 heavy (non-hydrogen) atoms. The largest absolute Gasteiger partial charge is 0.612 e. The molecule has 0 saturated heterocycles. The summed E-state index contributed by atoms with van der Waals surface area (Å²) in [6, 6.07) is 12.2. The molecule has 0 spiro atoms. The molecule has 2 aromatic rings. The van der Waals surface area contributed by atoms with Crippen molar-refractivity contribution in [1.29, 1.82) is 0 Å². The maximum atomic E-state index is 11.2. The zero-order valence-electron chi connectivity index (χ0n) is 8.17. The molecule has 2 rings (SSSR count). The van der Waals surface area contributed by atoms with Crippen LogP contribution in [-0.4, -0.2) is 10.8 Å². The molecule has 1 unspecified atom stereocenters. The van der Waals surface area contributed by atoms with Gasteiger partial charge in [0.1, 0.15) is 6.26 Å². The summed E-state index contributed by atoms with van der Waals surface area (Å²) < 4.78 is 12.4. The lowest BCUT2D eigenvalue weighted by Crippen LogP contribution is -1.93. The number of hydrogen-bond acceptors (Lipinski definition) is 3. The molecule has 0 fully saturated rings. The van der Waals surface area contributed by atoms with Crippen LogP contribution in [0.25, 0.3) is 0 Å². The van der Waals surface area contributed by atoms with Crippen LogP contribution in [0.1, 0.15) is 0 Å². The van der Waals surface area contributed by atoms with Gasteiger partial charge >= 0.3 is 0 Å². The van der Waals surface area contributed by atoms with Crippen LogP contribution in [-0.2, 0) is 11.2 Å². The Hall–Kier alpha value is -0.420. The van der Waals surface area contributed by atoms with Gasteiger partial charge in [0.25, 0.3) is 0 Å². The van der Waals surface area contributed by atoms with Gasteiger partial charge in [0.05, 0.1) is 4.21 Å². The molecule has 0 bridgehead atoms. The second-order valence-electron chi connectivity index (χ2n) is 2.97. The number of rotatable bonds is 3. The van der Waals surface area contributed by atoms with Gasteiger partial charge in [-0.3, -0.25) is 0 Å². The lowest BCUT2D eigenvalue weighted by Gasteiger charge is -1.98. The quantitative estimate of drug-likeness (QED) is 0.781. The topological polar surface area (TPSA) is 23.1 Å². The normalized spacial score (nSPS) is 12.7. The summed E-state index contributed by atoms with van der Waals surface area (Å²) in [7, 11) is 0. The fourth-order valence-electron chi connectivity index (χ4n) is 1.11. The van der Waals surface area contributed by atoms with Crippen LogP contribution < -0.4 is 0 Å². The highest BCUT2D eigenvalue weighted by Crippen LogP contribution is 2.33. The Labute approximate surface area is 101 Å². The van der Waals surface area contributed by atoms with Crippen molar-refractivity contribution in [2.24, 2.45) is 0 Å². The average Bonchev–Trinajstić information content (AvgIpc) is 2.68. The average molecular weight is 254 g/mol. The number of thiophene rings is 1. The molecule has 0 amide bonds. The monoisotopic (exact) mass is 254 g/mol. The van der Waals surface area contributed by atoms with Gasteiger partial charge in [0, 0.05) is 16.3 Å². The Bertz CT molecular complexity index is 422. The Morgan fingerprint density at radius 2 is 2.00 bits per heavy atom. The van der Waals surface area contributed by atoms with Crippen molar-refractivity contribution in [2.45, 2.75) is 14.0 Å². The van der Waals surface area contributed by atoms with E-state index in [2.05, 4.69) is 12.1 Å². The Balaban J connectivity index is 2.12. The summed E-state index contributed by atoms with van der Waals surface area (Å²) in [6.45, 7) is 0. The molecule has 0 saturated carbocycles. The summed E-state index contributed by atoms with van der Waals surface area (Å²) in [5.74, 6) is 0. The molecule has 1 atom stereocenters. The van der Waals surface area contributed by atoms with Crippen LogP contribution >= 0.6 is 23.1 Å². The molecule has 0 aliphatic heterocycles. The lowest BCUT2D eigenvalue weighted by atomic mass is 10.4. The van der Waals surface area contributed by atoms with Gasteiger partial charge in [0.2, 0.25) is 0 Å². The van der Waals surface area contributed by atoms with Crippen molar-refractivity contribution in [2.75, 3.05) is 6.26 Å². The molecule has 4 heteroatoms. The van der Waals surface area contributed by atoms with Gasteiger partial charge in [-0.2, -0.15) is 0 Å². The minimum absolute atomic E-state index is 0.869. The minimum atomic E-state index is -0.869. The van der Waals surface area contributed by atoms with Gasteiger partial charge < -0.3 is 4.55 Å². The van der Waals surface area contributed by atoms with Crippen LogP contribution in [0.4, 0.5) is 0 Å². The van der Waals surface area contributed by atoms with E-state index in [0.29, 0.717) is 0 Å². The lowest BCUT2D eigenvalue weighted by molar-refractivity contribution is 0.601. The summed E-state index contributed by atoms with van der Waals surface area (Å²) in [5.41, 5.74) is 0. The van der Waals surface area contributed by atoms with E-state index >= 15 is 0 Å². The molecule has 0 N–H and O–H groups in total. The van der Waals surface area contributed by atoms with Crippen molar-refractivity contribution < 1.29 is 4.55 Å². The molecule has 0 aliphatic carbocycles. The van der Waals surface area contributed by atoms with E-state index in [4.69, 9.17) is 0 Å². The summed E-state index contributed by atoms with van der Waals surface area (Å²) in [4.78, 5) is 2.13. The highest BCUT2D eigenvalue weighted by atomic mass is 32.2. The molecule has 0 radical (unpaired) electrons. The van der Waals surface area contributed by atoms with Crippen molar-refractivity contribution in [3.8, 4) is 0 Å². The molecule has 0 aliphatic rings. The van der Waals surface area contributed by atoms with Crippen LogP contribution in [0.2, 0.25) is 0 Å². The van der Waals surface area contributed by atoms with E-state index < -0.39 is 11.2 Å². The second-order valence-corrected chi connectivity index (χ2v) is 6.64. The predicted molar refractivity (Wildman–Crippen MR) is 67.2 cm³/mol. The number of benzene rings is 1. The standard InChI is InChI=1S/C11H10OS3/c1-15(12)10-7-11(13-8-10)14-9-5-3-2-4-6-9/h2-8H,1H3. The summed E-state index contributed by atoms with van der Waals surface area (Å²) >= 11 is 2.48. The summed E-state index contributed by atoms with van der Waals surface area (Å²) in [6.07, 6.45) is 1.71. The van der Waals surface area contributed by atoms with E-state index in [1.807, 2.05) is 29.6 Å². The molecular weight excluding hydrogens is 244 g/mol. The van der Waals surface area contributed by atoms with E-state index in [1.54, 1.807) is 29.4 Å². The third-order valence-electron chi connectivity index (χ3n) is 1.84. The molecule has 1 aromatic carbocycles. The Morgan fingerprint density at radius 1 is 1.27 bits per heavy atom. The zero-order chi connectivity index (χ0) is 10.7. The van der Waals surface area contributed by atoms with Gasteiger partial charge in [0.15, 0.2) is 4.90 Å². The SMILES string of the molecule is C[S+]([O-])c1csc(Sc2ccccc2)c1.